The first-order chi connectivity index (χ1) is 9.30. The van der Waals surface area contributed by atoms with Gasteiger partial charge in [-0.15, -0.1) is 0 Å². The number of benzene rings is 1. The maximum atomic E-state index is 12.2. The van der Waals surface area contributed by atoms with Crippen LogP contribution in [0.2, 0.25) is 5.02 Å². The van der Waals surface area contributed by atoms with Crippen molar-refractivity contribution in [1.29, 1.82) is 0 Å². The molecule has 0 aliphatic carbocycles. The van der Waals surface area contributed by atoms with E-state index in [1.807, 2.05) is 0 Å². The molecule has 6 heteroatoms. The Morgan fingerprint density at radius 3 is 2.65 bits per heavy atom. The maximum absolute atomic E-state index is 12.2. The number of carbonyl (C=O) groups is 2. The van der Waals surface area contributed by atoms with Gasteiger partial charge in [-0.3, -0.25) is 4.79 Å². The average Bonchev–Trinajstić information content (AvgIpc) is 2.37. The number of hydrogen-bond acceptors (Lipinski definition) is 3. The summed E-state index contributed by atoms with van der Waals surface area (Å²) in [6, 6.07) is 6.90. The Morgan fingerprint density at radius 1 is 1.50 bits per heavy atom. The van der Waals surface area contributed by atoms with Crippen molar-refractivity contribution in [2.75, 3.05) is 13.7 Å². The smallest absolute Gasteiger partial charge is 0.331 e. The van der Waals surface area contributed by atoms with E-state index in [0.29, 0.717) is 5.02 Å². The zero-order valence-corrected chi connectivity index (χ0v) is 12.4. The third-order valence-corrected chi connectivity index (χ3v) is 3.28. The number of carboxylic acid groups (broad SMARTS) is 1. The molecule has 0 aliphatic rings. The standard InChI is InChI=1S/C14H18ClNO4/c1-9(10-5-4-6-11(15)7-10)12(17)16-14(2,8-20-3)13(18)19/h4-7,9H,8H2,1-3H3,(H,16,17)(H,18,19). The zero-order valence-electron chi connectivity index (χ0n) is 11.6. The van der Waals surface area contributed by atoms with E-state index in [-0.39, 0.29) is 6.61 Å². The second-order valence-electron chi connectivity index (χ2n) is 4.84. The van der Waals surface area contributed by atoms with Gasteiger partial charge in [0, 0.05) is 12.1 Å². The fourth-order valence-corrected chi connectivity index (χ4v) is 1.95. The molecule has 0 aliphatic heterocycles. The molecule has 2 unspecified atom stereocenters. The molecule has 0 fully saturated rings. The van der Waals surface area contributed by atoms with Crippen LogP contribution in [-0.4, -0.2) is 36.2 Å². The minimum Gasteiger partial charge on any atom is -0.479 e. The molecule has 1 rings (SSSR count). The van der Waals surface area contributed by atoms with Crippen LogP contribution in [0.4, 0.5) is 0 Å². The molecule has 0 saturated heterocycles. The predicted molar refractivity (Wildman–Crippen MR) is 75.9 cm³/mol. The molecule has 0 spiro atoms. The van der Waals surface area contributed by atoms with Crippen molar-refractivity contribution >= 4 is 23.5 Å². The molecule has 2 atom stereocenters. The van der Waals surface area contributed by atoms with Gasteiger partial charge >= 0.3 is 5.97 Å². The van der Waals surface area contributed by atoms with E-state index in [1.165, 1.54) is 14.0 Å². The molecule has 1 amide bonds. The number of carbonyl (C=O) groups excluding carboxylic acids is 1. The summed E-state index contributed by atoms with van der Waals surface area (Å²) in [5, 5.41) is 12.2. The Hall–Kier alpha value is -1.59. The maximum Gasteiger partial charge on any atom is 0.331 e. The van der Waals surface area contributed by atoms with Gasteiger partial charge in [-0.25, -0.2) is 4.79 Å². The van der Waals surface area contributed by atoms with E-state index in [4.69, 9.17) is 16.3 Å². The molecule has 20 heavy (non-hydrogen) atoms. The minimum atomic E-state index is -1.46. The summed E-state index contributed by atoms with van der Waals surface area (Å²) in [5.74, 6) is -2.05. The van der Waals surface area contributed by atoms with Gasteiger partial charge in [-0.05, 0) is 31.5 Å². The number of hydrogen-bond donors (Lipinski definition) is 2. The molecule has 0 saturated carbocycles. The lowest BCUT2D eigenvalue weighted by Crippen LogP contribution is -2.56. The average molecular weight is 300 g/mol. The van der Waals surface area contributed by atoms with E-state index < -0.39 is 23.3 Å². The molecule has 1 aromatic rings. The zero-order chi connectivity index (χ0) is 15.3. The second kappa shape index (κ2) is 6.72. The summed E-state index contributed by atoms with van der Waals surface area (Å²) in [7, 11) is 1.38. The van der Waals surface area contributed by atoms with Crippen molar-refractivity contribution in [3.05, 3.63) is 34.9 Å². The van der Waals surface area contributed by atoms with Gasteiger partial charge in [0.25, 0.3) is 0 Å². The van der Waals surface area contributed by atoms with Crippen LogP contribution in [-0.2, 0) is 14.3 Å². The van der Waals surface area contributed by atoms with Crippen LogP contribution in [0, 0.1) is 0 Å². The van der Waals surface area contributed by atoms with Crippen molar-refractivity contribution in [3.8, 4) is 0 Å². The Morgan fingerprint density at radius 2 is 2.15 bits per heavy atom. The number of amides is 1. The highest BCUT2D eigenvalue weighted by Gasteiger charge is 2.36. The SMILES string of the molecule is COCC(C)(NC(=O)C(C)c1cccc(Cl)c1)C(=O)O. The normalized spacial score (nSPS) is 15.2. The van der Waals surface area contributed by atoms with Gasteiger partial charge in [0.05, 0.1) is 12.5 Å². The number of carboxylic acids is 1. The molecular formula is C14H18ClNO4. The van der Waals surface area contributed by atoms with Gasteiger partial charge in [0.1, 0.15) is 0 Å². The Balaban J connectivity index is 2.86. The van der Waals surface area contributed by atoms with Gasteiger partial charge in [-0.1, -0.05) is 23.7 Å². The topological polar surface area (TPSA) is 75.6 Å². The van der Waals surface area contributed by atoms with Gasteiger partial charge in [0.15, 0.2) is 5.54 Å². The monoisotopic (exact) mass is 299 g/mol. The Kier molecular flexibility index (Phi) is 5.53. The lowest BCUT2D eigenvalue weighted by atomic mass is 9.97. The largest absolute Gasteiger partial charge is 0.479 e. The molecule has 5 nitrogen and oxygen atoms in total. The van der Waals surface area contributed by atoms with Crippen molar-refractivity contribution in [1.82, 2.24) is 5.32 Å². The van der Waals surface area contributed by atoms with E-state index in [1.54, 1.807) is 31.2 Å². The third kappa shape index (κ3) is 3.95. The summed E-state index contributed by atoms with van der Waals surface area (Å²) < 4.78 is 4.86. The Labute approximate surface area is 122 Å². The van der Waals surface area contributed by atoms with Gasteiger partial charge < -0.3 is 15.2 Å². The number of methoxy groups -OCH3 is 1. The highest BCUT2D eigenvalue weighted by molar-refractivity contribution is 6.30. The van der Waals surface area contributed by atoms with Gasteiger partial charge in [0.2, 0.25) is 5.91 Å². The lowest BCUT2D eigenvalue weighted by molar-refractivity contribution is -0.149. The summed E-state index contributed by atoms with van der Waals surface area (Å²) in [4.78, 5) is 23.4. The van der Waals surface area contributed by atoms with Crippen LogP contribution in [0.1, 0.15) is 25.3 Å². The third-order valence-electron chi connectivity index (χ3n) is 3.05. The first-order valence-electron chi connectivity index (χ1n) is 6.10. The molecule has 0 bridgehead atoms. The van der Waals surface area contributed by atoms with Crippen LogP contribution in [0.3, 0.4) is 0 Å². The summed E-state index contributed by atoms with van der Waals surface area (Å²) in [6.45, 7) is 2.98. The van der Waals surface area contributed by atoms with Crippen molar-refractivity contribution in [2.24, 2.45) is 0 Å². The number of ether oxygens (including phenoxy) is 1. The fourth-order valence-electron chi connectivity index (χ4n) is 1.75. The predicted octanol–water partition coefficient (Wildman–Crippen LogP) is 2.05. The van der Waals surface area contributed by atoms with Crippen molar-refractivity contribution < 1.29 is 19.4 Å². The van der Waals surface area contributed by atoms with E-state index in [9.17, 15) is 14.7 Å². The quantitative estimate of drug-likeness (QED) is 0.843. The lowest BCUT2D eigenvalue weighted by Gasteiger charge is -2.27. The number of halogens is 1. The van der Waals surface area contributed by atoms with Crippen LogP contribution in [0.25, 0.3) is 0 Å². The van der Waals surface area contributed by atoms with Crippen LogP contribution >= 0.6 is 11.6 Å². The molecule has 0 radical (unpaired) electrons. The minimum absolute atomic E-state index is 0.115. The summed E-state index contributed by atoms with van der Waals surface area (Å²) in [6.07, 6.45) is 0. The summed E-state index contributed by atoms with van der Waals surface area (Å²) >= 11 is 5.88. The highest BCUT2D eigenvalue weighted by atomic mass is 35.5. The van der Waals surface area contributed by atoms with Crippen LogP contribution in [0.5, 0.6) is 0 Å². The first kappa shape index (κ1) is 16.5. The Bertz CT molecular complexity index is 506. The van der Waals surface area contributed by atoms with E-state index >= 15 is 0 Å². The molecule has 110 valence electrons. The molecule has 0 heterocycles. The molecular weight excluding hydrogens is 282 g/mol. The molecule has 2 N–H and O–H groups in total. The molecule has 1 aromatic carbocycles. The van der Waals surface area contributed by atoms with E-state index in [0.717, 1.165) is 5.56 Å². The first-order valence-corrected chi connectivity index (χ1v) is 6.48. The van der Waals surface area contributed by atoms with Crippen molar-refractivity contribution in [3.63, 3.8) is 0 Å². The second-order valence-corrected chi connectivity index (χ2v) is 5.27. The van der Waals surface area contributed by atoms with Gasteiger partial charge in [-0.2, -0.15) is 0 Å². The highest BCUT2D eigenvalue weighted by Crippen LogP contribution is 2.20. The number of nitrogens with one attached hydrogen (secondary N) is 1. The fraction of sp³-hybridized carbons (Fsp3) is 0.429. The van der Waals surface area contributed by atoms with Crippen molar-refractivity contribution in [2.45, 2.75) is 25.3 Å². The van der Waals surface area contributed by atoms with Crippen LogP contribution < -0.4 is 5.32 Å². The molecule has 0 aromatic heterocycles. The summed E-state index contributed by atoms with van der Waals surface area (Å²) in [5.41, 5.74) is -0.737. The van der Waals surface area contributed by atoms with E-state index in [2.05, 4.69) is 5.32 Å². The number of aliphatic carboxylic acids is 1. The number of rotatable bonds is 6. The van der Waals surface area contributed by atoms with Crippen LogP contribution in [0.15, 0.2) is 24.3 Å².